The largest absolute Gasteiger partial charge is 0.325 e. The van der Waals surface area contributed by atoms with E-state index in [0.29, 0.717) is 30.1 Å². The lowest BCUT2D eigenvalue weighted by Gasteiger charge is -2.22. The molecular formula is C25H28N4O4. The van der Waals surface area contributed by atoms with E-state index in [1.807, 2.05) is 30.3 Å². The number of carbonyl (C=O) groups is 4. The van der Waals surface area contributed by atoms with E-state index in [2.05, 4.69) is 24.5 Å². The van der Waals surface area contributed by atoms with Gasteiger partial charge in [0.1, 0.15) is 12.1 Å². The van der Waals surface area contributed by atoms with E-state index in [0.717, 1.165) is 21.7 Å². The van der Waals surface area contributed by atoms with Crippen molar-refractivity contribution in [3.8, 4) is 0 Å². The summed E-state index contributed by atoms with van der Waals surface area (Å²) in [5.41, 5.74) is 2.95. The Balaban J connectivity index is 1.45. The first-order chi connectivity index (χ1) is 15.6. The molecule has 2 aromatic carbocycles. The number of nitrogens with one attached hydrogen (secondary N) is 2. The summed E-state index contributed by atoms with van der Waals surface area (Å²) in [6, 6.07) is 12.3. The molecule has 2 aromatic rings. The van der Waals surface area contributed by atoms with Crippen molar-refractivity contribution in [1.29, 1.82) is 0 Å². The zero-order valence-electron chi connectivity index (χ0n) is 19.3. The average molecular weight is 449 g/mol. The van der Waals surface area contributed by atoms with Crippen LogP contribution in [-0.2, 0) is 26.3 Å². The first-order valence-electron chi connectivity index (χ1n) is 11.1. The van der Waals surface area contributed by atoms with Crippen LogP contribution in [0.3, 0.4) is 0 Å². The first kappa shape index (κ1) is 22.5. The predicted octanol–water partition coefficient (Wildman–Crippen LogP) is 3.12. The Morgan fingerprint density at radius 1 is 1.12 bits per heavy atom. The van der Waals surface area contributed by atoms with Crippen LogP contribution in [0.1, 0.15) is 50.3 Å². The molecule has 8 heteroatoms. The molecule has 2 heterocycles. The van der Waals surface area contributed by atoms with Crippen LogP contribution in [0.5, 0.6) is 0 Å². The Morgan fingerprint density at radius 3 is 2.45 bits per heavy atom. The standard InChI is InChI=1S/C25H28N4O4/c1-15(2)17-5-7-19(8-6-17)25(4)23(32)29(24(33)27-25)14-22(31)26-20-9-10-21-18(13-20)11-12-28(21)16(3)30/h5-10,13,15H,11-12,14H2,1-4H3,(H,26,31)(H,27,33). The zero-order valence-corrected chi connectivity index (χ0v) is 19.3. The highest BCUT2D eigenvalue weighted by Gasteiger charge is 2.49. The maximum Gasteiger partial charge on any atom is 0.325 e. The lowest BCUT2D eigenvalue weighted by atomic mass is 9.90. The quantitative estimate of drug-likeness (QED) is 0.687. The summed E-state index contributed by atoms with van der Waals surface area (Å²) < 4.78 is 0. The third-order valence-corrected chi connectivity index (χ3v) is 6.37. The number of hydrogen-bond acceptors (Lipinski definition) is 4. The van der Waals surface area contributed by atoms with Crippen LogP contribution in [-0.4, -0.2) is 41.7 Å². The maximum atomic E-state index is 13.1. The number of nitrogens with zero attached hydrogens (tertiary/aromatic N) is 2. The topological polar surface area (TPSA) is 98.8 Å². The van der Waals surface area contributed by atoms with Crippen molar-refractivity contribution in [1.82, 2.24) is 10.2 Å². The van der Waals surface area contributed by atoms with Crippen LogP contribution < -0.4 is 15.5 Å². The van der Waals surface area contributed by atoms with Gasteiger partial charge in [0, 0.05) is 24.8 Å². The summed E-state index contributed by atoms with van der Waals surface area (Å²) in [6.07, 6.45) is 0.708. The molecule has 2 aliphatic heterocycles. The van der Waals surface area contributed by atoms with Crippen molar-refractivity contribution in [3.05, 3.63) is 59.2 Å². The number of rotatable bonds is 5. The molecule has 1 atom stereocenters. The van der Waals surface area contributed by atoms with E-state index in [1.54, 1.807) is 24.0 Å². The fraction of sp³-hybridized carbons (Fsp3) is 0.360. The molecule has 1 saturated heterocycles. The van der Waals surface area contributed by atoms with Crippen molar-refractivity contribution in [3.63, 3.8) is 0 Å². The number of urea groups is 1. The van der Waals surface area contributed by atoms with Crippen LogP contribution in [0.2, 0.25) is 0 Å². The predicted molar refractivity (Wildman–Crippen MR) is 125 cm³/mol. The number of imide groups is 1. The number of benzene rings is 2. The molecule has 2 N–H and O–H groups in total. The van der Waals surface area contributed by atoms with Crippen molar-refractivity contribution in [2.45, 2.75) is 45.6 Å². The molecule has 0 saturated carbocycles. The minimum absolute atomic E-state index is 0.0222. The smallest absolute Gasteiger partial charge is 0.325 e. The molecule has 0 aromatic heterocycles. The Labute approximate surface area is 192 Å². The molecule has 0 spiro atoms. The number of hydrogen-bond donors (Lipinski definition) is 2. The monoisotopic (exact) mass is 448 g/mol. The third-order valence-electron chi connectivity index (χ3n) is 6.37. The second-order valence-corrected chi connectivity index (χ2v) is 9.04. The van der Waals surface area contributed by atoms with Crippen molar-refractivity contribution in [2.24, 2.45) is 0 Å². The highest BCUT2D eigenvalue weighted by atomic mass is 16.2. The average Bonchev–Trinajstić information content (AvgIpc) is 3.28. The normalized spacial score (nSPS) is 19.7. The van der Waals surface area contributed by atoms with Gasteiger partial charge in [0.05, 0.1) is 0 Å². The molecule has 0 aliphatic carbocycles. The van der Waals surface area contributed by atoms with Crippen LogP contribution in [0.25, 0.3) is 0 Å². The summed E-state index contributed by atoms with van der Waals surface area (Å²) in [5.74, 6) is -0.609. The molecule has 4 rings (SSSR count). The molecule has 33 heavy (non-hydrogen) atoms. The molecule has 0 radical (unpaired) electrons. The van der Waals surface area contributed by atoms with E-state index in [1.165, 1.54) is 6.92 Å². The molecule has 5 amide bonds. The van der Waals surface area contributed by atoms with E-state index in [4.69, 9.17) is 0 Å². The Morgan fingerprint density at radius 2 is 1.82 bits per heavy atom. The molecular weight excluding hydrogens is 420 g/mol. The van der Waals surface area contributed by atoms with Gasteiger partial charge in [0.25, 0.3) is 5.91 Å². The van der Waals surface area contributed by atoms with E-state index >= 15 is 0 Å². The van der Waals surface area contributed by atoms with Crippen LogP contribution in [0.15, 0.2) is 42.5 Å². The summed E-state index contributed by atoms with van der Waals surface area (Å²) in [6.45, 7) is 7.56. The second-order valence-electron chi connectivity index (χ2n) is 9.04. The van der Waals surface area contributed by atoms with Crippen LogP contribution in [0, 0.1) is 0 Å². The van der Waals surface area contributed by atoms with E-state index in [-0.39, 0.29) is 12.5 Å². The SMILES string of the molecule is CC(=O)N1CCc2cc(NC(=O)CN3C(=O)NC(C)(c4ccc(C(C)C)cc4)C3=O)ccc21. The van der Waals surface area contributed by atoms with Gasteiger partial charge < -0.3 is 15.5 Å². The minimum atomic E-state index is -1.23. The highest BCUT2D eigenvalue weighted by Crippen LogP contribution is 2.32. The van der Waals surface area contributed by atoms with Crippen LogP contribution in [0.4, 0.5) is 16.2 Å². The zero-order chi connectivity index (χ0) is 23.9. The van der Waals surface area contributed by atoms with E-state index < -0.39 is 23.4 Å². The highest BCUT2D eigenvalue weighted by molar-refractivity contribution is 6.10. The van der Waals surface area contributed by atoms with E-state index in [9.17, 15) is 19.2 Å². The first-order valence-corrected chi connectivity index (χ1v) is 11.1. The van der Waals surface area contributed by atoms with Crippen molar-refractivity contribution in [2.75, 3.05) is 23.3 Å². The van der Waals surface area contributed by atoms with Crippen molar-refractivity contribution >= 4 is 35.1 Å². The fourth-order valence-corrected chi connectivity index (χ4v) is 4.39. The fourth-order valence-electron chi connectivity index (χ4n) is 4.39. The number of fused-ring (bicyclic) bond motifs is 1. The van der Waals surface area contributed by atoms with Gasteiger partial charge in [-0.15, -0.1) is 0 Å². The Hall–Kier alpha value is -3.68. The lowest BCUT2D eigenvalue weighted by molar-refractivity contribution is -0.133. The van der Waals surface area contributed by atoms with Gasteiger partial charge in [-0.25, -0.2) is 4.79 Å². The van der Waals surface area contributed by atoms with Gasteiger partial charge >= 0.3 is 6.03 Å². The lowest BCUT2D eigenvalue weighted by Crippen LogP contribution is -2.42. The molecule has 1 unspecified atom stereocenters. The van der Waals surface area contributed by atoms with Gasteiger partial charge in [-0.2, -0.15) is 0 Å². The summed E-state index contributed by atoms with van der Waals surface area (Å²) >= 11 is 0. The molecule has 1 fully saturated rings. The van der Waals surface area contributed by atoms with Gasteiger partial charge in [-0.3, -0.25) is 19.3 Å². The van der Waals surface area contributed by atoms with Gasteiger partial charge in [-0.1, -0.05) is 38.1 Å². The molecule has 0 bridgehead atoms. The van der Waals surface area contributed by atoms with Gasteiger partial charge in [0.15, 0.2) is 0 Å². The number of anilines is 2. The van der Waals surface area contributed by atoms with Gasteiger partial charge in [-0.05, 0) is 54.2 Å². The maximum absolute atomic E-state index is 13.1. The van der Waals surface area contributed by atoms with Crippen LogP contribution >= 0.6 is 0 Å². The number of carbonyl (C=O) groups excluding carboxylic acids is 4. The minimum Gasteiger partial charge on any atom is -0.325 e. The number of amides is 5. The Kier molecular flexibility index (Phi) is 5.69. The second kappa shape index (κ2) is 8.35. The summed E-state index contributed by atoms with van der Waals surface area (Å²) in [7, 11) is 0. The molecule has 172 valence electrons. The Bertz CT molecular complexity index is 1140. The molecule has 8 nitrogen and oxygen atoms in total. The summed E-state index contributed by atoms with van der Waals surface area (Å²) in [4.78, 5) is 52.7. The summed E-state index contributed by atoms with van der Waals surface area (Å²) in [5, 5.41) is 5.49. The van der Waals surface area contributed by atoms with Gasteiger partial charge in [0.2, 0.25) is 11.8 Å². The van der Waals surface area contributed by atoms with Crippen molar-refractivity contribution < 1.29 is 19.2 Å². The third kappa shape index (κ3) is 4.08. The molecule has 2 aliphatic rings.